The van der Waals surface area contributed by atoms with Crippen molar-refractivity contribution in [3.63, 3.8) is 0 Å². The van der Waals surface area contributed by atoms with Crippen molar-refractivity contribution in [3.05, 3.63) is 21.0 Å². The van der Waals surface area contributed by atoms with Gasteiger partial charge in [0.05, 0.1) is 8.72 Å². The molecule has 7 heavy (non-hydrogen) atoms. The van der Waals surface area contributed by atoms with Gasteiger partial charge in [-0.2, -0.15) is 0 Å². The maximum atomic E-state index is 5.59. The number of aromatic amines is 1. The highest BCUT2D eigenvalue weighted by atomic mass is 127. The number of halogens is 2. The molecule has 3 heteroatoms. The van der Waals surface area contributed by atoms with Crippen LogP contribution in [0, 0.1) is 3.70 Å². The molecule has 1 rings (SSSR count). The lowest BCUT2D eigenvalue weighted by atomic mass is 10.7. The van der Waals surface area contributed by atoms with E-state index in [1.165, 1.54) is 0 Å². The molecule has 0 radical (unpaired) electrons. The summed E-state index contributed by atoms with van der Waals surface area (Å²) < 4.78 is 0.999. The smallest absolute Gasteiger partial charge is 0.0960 e. The van der Waals surface area contributed by atoms with Crippen molar-refractivity contribution in [3.8, 4) is 0 Å². The van der Waals surface area contributed by atoms with Crippen molar-refractivity contribution in [1.29, 1.82) is 0 Å². The van der Waals surface area contributed by atoms with Gasteiger partial charge in [0.1, 0.15) is 0 Å². The fraction of sp³-hybridized carbons (Fsp3) is 0. The second-order valence-electron chi connectivity index (χ2n) is 1.14. The molecule has 0 fully saturated rings. The summed E-state index contributed by atoms with van der Waals surface area (Å²) in [6.45, 7) is 0. The average Bonchev–Trinajstić information content (AvgIpc) is 1.91. The molecule has 0 aliphatic rings. The van der Waals surface area contributed by atoms with E-state index in [2.05, 4.69) is 27.6 Å². The molecule has 0 bridgehead atoms. The van der Waals surface area contributed by atoms with Gasteiger partial charge < -0.3 is 4.98 Å². The summed E-state index contributed by atoms with van der Waals surface area (Å²) in [5, 5.41) is 0.792. The van der Waals surface area contributed by atoms with E-state index < -0.39 is 0 Å². The van der Waals surface area contributed by atoms with E-state index in [9.17, 15) is 0 Å². The minimum absolute atomic E-state index is 0.792. The van der Waals surface area contributed by atoms with Gasteiger partial charge in [0, 0.05) is 6.20 Å². The molecule has 1 nitrogen and oxygen atoms in total. The summed E-state index contributed by atoms with van der Waals surface area (Å²) in [5.41, 5.74) is 0. The Kier molecular flexibility index (Phi) is 1.59. The van der Waals surface area contributed by atoms with Crippen LogP contribution < -0.4 is 0 Å². The van der Waals surface area contributed by atoms with Crippen molar-refractivity contribution in [2.24, 2.45) is 0 Å². The van der Waals surface area contributed by atoms with Crippen molar-refractivity contribution >= 4 is 34.2 Å². The monoisotopic (exact) mass is 227 g/mol. The number of hydrogen-bond donors (Lipinski definition) is 1. The number of hydrogen-bond acceptors (Lipinski definition) is 0. The number of nitrogens with one attached hydrogen (secondary N) is 1. The summed E-state index contributed by atoms with van der Waals surface area (Å²) >= 11 is 7.72. The molecule has 0 aliphatic carbocycles. The fourth-order valence-corrected chi connectivity index (χ4v) is 0.807. The van der Waals surface area contributed by atoms with Crippen LogP contribution in [0.2, 0.25) is 5.02 Å². The predicted octanol–water partition coefficient (Wildman–Crippen LogP) is 2.27. The van der Waals surface area contributed by atoms with Crippen molar-refractivity contribution in [1.82, 2.24) is 4.98 Å². The van der Waals surface area contributed by atoms with Crippen LogP contribution in [-0.4, -0.2) is 4.98 Å². The van der Waals surface area contributed by atoms with Crippen LogP contribution in [-0.2, 0) is 0 Å². The first-order valence-corrected chi connectivity index (χ1v) is 3.25. The third-order valence-corrected chi connectivity index (χ3v) is 2.18. The number of rotatable bonds is 0. The standard InChI is InChI=1S/C4H3ClIN/c5-3-1-2-7-4(3)6/h1-2,7H. The van der Waals surface area contributed by atoms with Crippen molar-refractivity contribution < 1.29 is 0 Å². The Hall–Kier alpha value is 0.300. The van der Waals surface area contributed by atoms with Crippen molar-refractivity contribution in [2.75, 3.05) is 0 Å². The normalized spacial score (nSPS) is 9.43. The van der Waals surface area contributed by atoms with E-state index >= 15 is 0 Å². The molecule has 0 saturated heterocycles. The third-order valence-electron chi connectivity index (χ3n) is 0.649. The van der Waals surface area contributed by atoms with Crippen LogP contribution in [0.1, 0.15) is 0 Å². The Bertz CT molecular complexity index is 144. The van der Waals surface area contributed by atoms with Gasteiger partial charge in [0.15, 0.2) is 0 Å². The highest BCUT2D eigenvalue weighted by Crippen LogP contribution is 2.14. The molecule has 0 saturated carbocycles. The first-order valence-electron chi connectivity index (χ1n) is 1.79. The predicted molar refractivity (Wildman–Crippen MR) is 38.5 cm³/mol. The largest absolute Gasteiger partial charge is 0.355 e. The van der Waals surface area contributed by atoms with E-state index in [-0.39, 0.29) is 0 Å². The first-order chi connectivity index (χ1) is 3.30. The Morgan fingerprint density at radius 2 is 2.43 bits per heavy atom. The first kappa shape index (κ1) is 5.44. The van der Waals surface area contributed by atoms with Gasteiger partial charge in [0.2, 0.25) is 0 Å². The Morgan fingerprint density at radius 3 is 2.57 bits per heavy atom. The quantitative estimate of drug-likeness (QED) is 0.655. The van der Waals surface area contributed by atoms with Crippen LogP contribution in [0.3, 0.4) is 0 Å². The highest BCUT2D eigenvalue weighted by molar-refractivity contribution is 14.1. The lowest BCUT2D eigenvalue weighted by Crippen LogP contribution is -1.62. The second-order valence-corrected chi connectivity index (χ2v) is 2.63. The maximum absolute atomic E-state index is 5.59. The molecule has 1 aromatic rings. The van der Waals surface area contributed by atoms with Gasteiger partial charge in [0.25, 0.3) is 0 Å². The summed E-state index contributed by atoms with van der Waals surface area (Å²) in [6, 6.07) is 1.82. The summed E-state index contributed by atoms with van der Waals surface area (Å²) in [4.78, 5) is 2.92. The average molecular weight is 227 g/mol. The summed E-state index contributed by atoms with van der Waals surface area (Å²) in [6.07, 6.45) is 1.81. The molecule has 38 valence electrons. The fourth-order valence-electron chi connectivity index (χ4n) is 0.330. The zero-order valence-electron chi connectivity index (χ0n) is 3.41. The molecule has 1 N–H and O–H groups in total. The van der Waals surface area contributed by atoms with Gasteiger partial charge in [-0.15, -0.1) is 0 Å². The molecular weight excluding hydrogens is 224 g/mol. The molecule has 1 aromatic heterocycles. The molecule has 0 aliphatic heterocycles. The molecule has 1 heterocycles. The van der Waals surface area contributed by atoms with Crippen LogP contribution in [0.25, 0.3) is 0 Å². The molecular formula is C4H3ClIN. The van der Waals surface area contributed by atoms with Gasteiger partial charge in [-0.05, 0) is 28.7 Å². The zero-order valence-corrected chi connectivity index (χ0v) is 6.32. The number of H-pyrrole nitrogens is 1. The molecule has 0 spiro atoms. The minimum atomic E-state index is 0.792. The molecule has 0 amide bonds. The Morgan fingerprint density at radius 1 is 1.71 bits per heavy atom. The van der Waals surface area contributed by atoms with E-state index in [1.54, 1.807) is 0 Å². The molecule has 0 aromatic carbocycles. The second kappa shape index (κ2) is 2.05. The minimum Gasteiger partial charge on any atom is -0.355 e. The van der Waals surface area contributed by atoms with Gasteiger partial charge in [-0.1, -0.05) is 11.6 Å². The van der Waals surface area contributed by atoms with E-state index in [0.29, 0.717) is 0 Å². The topological polar surface area (TPSA) is 15.8 Å². The van der Waals surface area contributed by atoms with Gasteiger partial charge in [-0.25, -0.2) is 0 Å². The number of aromatic nitrogens is 1. The van der Waals surface area contributed by atoms with E-state index in [1.807, 2.05) is 12.3 Å². The zero-order chi connectivity index (χ0) is 5.28. The van der Waals surface area contributed by atoms with Crippen LogP contribution >= 0.6 is 34.2 Å². The SMILES string of the molecule is Clc1cc[nH]c1I. The Labute approximate surface area is 60.2 Å². The molecule has 0 unspecified atom stereocenters. The lowest BCUT2D eigenvalue weighted by molar-refractivity contribution is 1.36. The van der Waals surface area contributed by atoms with Crippen molar-refractivity contribution in [2.45, 2.75) is 0 Å². The van der Waals surface area contributed by atoms with Crippen LogP contribution in [0.15, 0.2) is 12.3 Å². The van der Waals surface area contributed by atoms with Crippen LogP contribution in [0.5, 0.6) is 0 Å². The third kappa shape index (κ3) is 1.10. The summed E-state index contributed by atoms with van der Waals surface area (Å²) in [5.74, 6) is 0. The maximum Gasteiger partial charge on any atom is 0.0960 e. The lowest BCUT2D eigenvalue weighted by Gasteiger charge is -1.76. The summed E-state index contributed by atoms with van der Waals surface area (Å²) in [7, 11) is 0. The Balaban J connectivity index is 3.12. The van der Waals surface area contributed by atoms with Crippen LogP contribution in [0.4, 0.5) is 0 Å². The van der Waals surface area contributed by atoms with Gasteiger partial charge >= 0.3 is 0 Å². The van der Waals surface area contributed by atoms with E-state index in [0.717, 1.165) is 8.72 Å². The highest BCUT2D eigenvalue weighted by Gasteiger charge is 1.90. The van der Waals surface area contributed by atoms with E-state index in [4.69, 9.17) is 11.6 Å². The molecule has 0 atom stereocenters. The van der Waals surface area contributed by atoms with Gasteiger partial charge in [-0.3, -0.25) is 0 Å².